The fourth-order valence-corrected chi connectivity index (χ4v) is 2.92. The maximum Gasteiger partial charge on any atom is 0.248 e. The second-order valence-electron chi connectivity index (χ2n) is 6.13. The highest BCUT2D eigenvalue weighted by molar-refractivity contribution is 6.02. The number of ether oxygens (including phenoxy) is 4. The lowest BCUT2D eigenvalue weighted by Gasteiger charge is -2.19. The maximum atomic E-state index is 13.7. The topological polar surface area (TPSA) is 66.0 Å². The number of fused-ring (bicyclic) bond motifs is 2. The lowest BCUT2D eigenvalue weighted by atomic mass is 10.1. The number of rotatable bonds is 3. The highest BCUT2D eigenvalue weighted by Crippen LogP contribution is 2.33. The Kier molecular flexibility index (Phi) is 4.93. The van der Waals surface area contributed by atoms with Gasteiger partial charge in [-0.25, -0.2) is 4.39 Å². The van der Waals surface area contributed by atoms with Gasteiger partial charge in [-0.3, -0.25) is 4.79 Å². The number of nitrogens with one attached hydrogen (secondary N) is 1. The van der Waals surface area contributed by atoms with Crippen molar-refractivity contribution in [3.05, 3.63) is 53.4 Å². The molecule has 0 saturated carbocycles. The van der Waals surface area contributed by atoms with Gasteiger partial charge in [-0.1, -0.05) is 0 Å². The molecule has 4 rings (SSSR count). The van der Waals surface area contributed by atoms with Crippen LogP contribution in [0.2, 0.25) is 0 Å². The van der Waals surface area contributed by atoms with E-state index >= 15 is 0 Å². The van der Waals surface area contributed by atoms with Gasteiger partial charge in [0.2, 0.25) is 5.91 Å². The summed E-state index contributed by atoms with van der Waals surface area (Å²) < 4.78 is 35.5. The molecule has 140 valence electrons. The Hall–Kier alpha value is -3.06. The zero-order chi connectivity index (χ0) is 18.6. The highest BCUT2D eigenvalue weighted by atomic mass is 19.1. The summed E-state index contributed by atoms with van der Waals surface area (Å²) in [5.74, 6) is 1.02. The highest BCUT2D eigenvalue weighted by Gasteiger charge is 2.16. The molecule has 1 amide bonds. The van der Waals surface area contributed by atoms with Crippen LogP contribution in [0.3, 0.4) is 0 Å². The first-order valence-electron chi connectivity index (χ1n) is 8.61. The molecule has 6 nitrogen and oxygen atoms in total. The molecule has 0 aromatic heterocycles. The predicted molar refractivity (Wildman–Crippen MR) is 96.4 cm³/mol. The smallest absolute Gasteiger partial charge is 0.248 e. The van der Waals surface area contributed by atoms with Gasteiger partial charge < -0.3 is 24.3 Å². The van der Waals surface area contributed by atoms with Crippen molar-refractivity contribution in [2.45, 2.75) is 13.0 Å². The molecule has 2 aliphatic rings. The third kappa shape index (κ3) is 4.03. The molecule has 27 heavy (non-hydrogen) atoms. The van der Waals surface area contributed by atoms with E-state index in [0.29, 0.717) is 47.3 Å². The van der Waals surface area contributed by atoms with Gasteiger partial charge in [0.1, 0.15) is 11.6 Å². The fourth-order valence-electron chi connectivity index (χ4n) is 2.92. The third-order valence-electron chi connectivity index (χ3n) is 4.13. The summed E-state index contributed by atoms with van der Waals surface area (Å²) in [7, 11) is 0. The van der Waals surface area contributed by atoms with E-state index in [4.69, 9.17) is 18.9 Å². The molecule has 0 fully saturated rings. The third-order valence-corrected chi connectivity index (χ3v) is 4.13. The number of hydrogen-bond acceptors (Lipinski definition) is 5. The van der Waals surface area contributed by atoms with Gasteiger partial charge in [-0.05, 0) is 30.3 Å². The van der Waals surface area contributed by atoms with E-state index < -0.39 is 5.82 Å². The Balaban J connectivity index is 1.48. The minimum absolute atomic E-state index is 0.100. The Labute approximate surface area is 155 Å². The normalized spacial score (nSPS) is 15.6. The molecule has 7 heteroatoms. The van der Waals surface area contributed by atoms with E-state index in [1.165, 1.54) is 24.3 Å². The summed E-state index contributed by atoms with van der Waals surface area (Å²) in [5, 5.41) is 2.76. The van der Waals surface area contributed by atoms with Gasteiger partial charge in [0.15, 0.2) is 18.3 Å². The number of hydrogen-bond donors (Lipinski definition) is 1. The molecular formula is C20H18FNO5. The average Bonchev–Trinajstić information content (AvgIpc) is 2.91. The van der Waals surface area contributed by atoms with Crippen molar-refractivity contribution in [2.75, 3.05) is 25.3 Å². The van der Waals surface area contributed by atoms with Crippen molar-refractivity contribution in [3.8, 4) is 17.2 Å². The Morgan fingerprint density at radius 1 is 1.07 bits per heavy atom. The van der Waals surface area contributed by atoms with Gasteiger partial charge in [0, 0.05) is 35.4 Å². The van der Waals surface area contributed by atoms with Crippen molar-refractivity contribution in [3.63, 3.8) is 0 Å². The molecule has 0 bridgehead atoms. The molecule has 2 heterocycles. The van der Waals surface area contributed by atoms with E-state index in [2.05, 4.69) is 5.32 Å². The predicted octanol–water partition coefficient (Wildman–Crippen LogP) is 3.51. The van der Waals surface area contributed by atoms with Gasteiger partial charge in [0.25, 0.3) is 0 Å². The van der Waals surface area contributed by atoms with Crippen LogP contribution in [0.4, 0.5) is 10.1 Å². The van der Waals surface area contributed by atoms with Gasteiger partial charge in [0.05, 0.1) is 19.8 Å². The summed E-state index contributed by atoms with van der Waals surface area (Å²) in [4.78, 5) is 12.2. The van der Waals surface area contributed by atoms with Crippen LogP contribution in [-0.4, -0.2) is 25.9 Å². The fraction of sp³-hybridized carbons (Fsp3) is 0.250. The molecule has 2 aliphatic heterocycles. The summed E-state index contributed by atoms with van der Waals surface area (Å²) in [6.07, 6.45) is 3.66. The van der Waals surface area contributed by atoms with Gasteiger partial charge in [-0.15, -0.1) is 0 Å². The Bertz CT molecular complexity index is 896. The van der Waals surface area contributed by atoms with E-state index in [-0.39, 0.29) is 19.3 Å². The molecule has 0 aliphatic carbocycles. The summed E-state index contributed by atoms with van der Waals surface area (Å²) >= 11 is 0. The van der Waals surface area contributed by atoms with Crippen LogP contribution >= 0.6 is 0 Å². The number of carbonyl (C=O) groups is 1. The molecule has 0 spiro atoms. The minimum Gasteiger partial charge on any atom is -0.490 e. The zero-order valence-electron chi connectivity index (χ0n) is 14.5. The number of carbonyl (C=O) groups excluding carboxylic acids is 1. The van der Waals surface area contributed by atoms with Gasteiger partial charge >= 0.3 is 0 Å². The molecule has 2 aromatic carbocycles. The number of halogens is 1. The van der Waals surface area contributed by atoms with Crippen molar-refractivity contribution in [2.24, 2.45) is 0 Å². The second kappa shape index (κ2) is 7.67. The summed E-state index contributed by atoms with van der Waals surface area (Å²) in [5.41, 5.74) is 1.69. The Morgan fingerprint density at radius 2 is 1.93 bits per heavy atom. The molecular weight excluding hydrogens is 353 g/mol. The van der Waals surface area contributed by atoms with Crippen LogP contribution in [0.1, 0.15) is 17.5 Å². The van der Waals surface area contributed by atoms with E-state index in [1.807, 2.05) is 0 Å². The van der Waals surface area contributed by atoms with Crippen molar-refractivity contribution < 1.29 is 28.1 Å². The molecule has 0 atom stereocenters. The summed E-state index contributed by atoms with van der Waals surface area (Å²) in [6, 6.07) is 7.91. The van der Waals surface area contributed by atoms with Crippen LogP contribution in [0.15, 0.2) is 36.4 Å². The first-order chi connectivity index (χ1) is 13.2. The van der Waals surface area contributed by atoms with Crippen LogP contribution in [0, 0.1) is 5.82 Å². The van der Waals surface area contributed by atoms with Crippen LogP contribution in [-0.2, 0) is 16.1 Å². The molecule has 1 N–H and O–H groups in total. The van der Waals surface area contributed by atoms with E-state index in [9.17, 15) is 9.18 Å². The van der Waals surface area contributed by atoms with E-state index in [1.54, 1.807) is 18.2 Å². The molecule has 0 saturated heterocycles. The quantitative estimate of drug-likeness (QED) is 0.837. The second-order valence-corrected chi connectivity index (χ2v) is 6.13. The Morgan fingerprint density at radius 3 is 2.81 bits per heavy atom. The van der Waals surface area contributed by atoms with Crippen LogP contribution in [0.5, 0.6) is 17.2 Å². The maximum absolute atomic E-state index is 13.7. The van der Waals surface area contributed by atoms with Crippen molar-refractivity contribution in [1.82, 2.24) is 0 Å². The standard InChI is InChI=1S/C20H18FNO5/c21-15-8-13(20-14(9-15)11-24-12-27-20)2-5-19(23)22-16-3-4-17-18(10-16)26-7-1-6-25-17/h2-5,8-10H,1,6-7,11-12H2,(H,22,23). The van der Waals surface area contributed by atoms with Crippen LogP contribution < -0.4 is 19.5 Å². The van der Waals surface area contributed by atoms with Crippen molar-refractivity contribution in [1.29, 1.82) is 0 Å². The molecule has 0 radical (unpaired) electrons. The molecule has 2 aromatic rings. The first kappa shape index (κ1) is 17.4. The first-order valence-corrected chi connectivity index (χ1v) is 8.61. The minimum atomic E-state index is -0.411. The number of benzene rings is 2. The lowest BCUT2D eigenvalue weighted by molar-refractivity contribution is -0.111. The van der Waals surface area contributed by atoms with Crippen molar-refractivity contribution >= 4 is 17.7 Å². The molecule has 0 unspecified atom stereocenters. The lowest BCUT2D eigenvalue weighted by Crippen LogP contribution is -2.13. The number of amides is 1. The van der Waals surface area contributed by atoms with E-state index in [0.717, 1.165) is 6.42 Å². The average molecular weight is 371 g/mol. The zero-order valence-corrected chi connectivity index (χ0v) is 14.5. The largest absolute Gasteiger partial charge is 0.490 e. The van der Waals surface area contributed by atoms with Gasteiger partial charge in [-0.2, -0.15) is 0 Å². The SMILES string of the molecule is O=C(C=Cc1cc(F)cc2c1OCOC2)Nc1ccc2c(c1)OCCCO2. The summed E-state index contributed by atoms with van der Waals surface area (Å²) in [6.45, 7) is 1.55. The number of anilines is 1. The monoisotopic (exact) mass is 371 g/mol. The van der Waals surface area contributed by atoms with Crippen LogP contribution in [0.25, 0.3) is 6.08 Å².